The summed E-state index contributed by atoms with van der Waals surface area (Å²) in [7, 11) is 0. The Morgan fingerprint density at radius 3 is 2.77 bits per heavy atom. The summed E-state index contributed by atoms with van der Waals surface area (Å²) in [4.78, 5) is 35.6. The van der Waals surface area contributed by atoms with Gasteiger partial charge in [-0.05, 0) is 37.1 Å². The quantitative estimate of drug-likeness (QED) is 0.290. The number of aliphatic hydroxyl groups is 1. The first-order valence-corrected chi connectivity index (χ1v) is 14.1. The number of pyridine rings is 1. The number of rotatable bonds is 5. The number of aliphatic hydroxyl groups excluding tert-OH is 1. The Kier molecular flexibility index (Phi) is 7.75. The van der Waals surface area contributed by atoms with Crippen molar-refractivity contribution in [3.8, 4) is 22.5 Å². The van der Waals surface area contributed by atoms with Gasteiger partial charge in [-0.2, -0.15) is 19.0 Å². The van der Waals surface area contributed by atoms with Crippen molar-refractivity contribution in [2.24, 2.45) is 5.92 Å². The molecule has 0 fully saturated rings. The molecule has 0 spiro atoms. The topological polar surface area (TPSA) is 133 Å². The molecule has 6 rings (SSSR count). The minimum absolute atomic E-state index is 0.0463. The number of halogens is 3. The summed E-state index contributed by atoms with van der Waals surface area (Å²) in [6, 6.07) is 7.44. The molecule has 0 saturated heterocycles. The van der Waals surface area contributed by atoms with Crippen LogP contribution in [0.15, 0.2) is 60.0 Å². The molecule has 5 heterocycles. The Morgan fingerprint density at radius 2 is 2.00 bits per heavy atom. The van der Waals surface area contributed by atoms with E-state index >= 15 is 0 Å². The molecule has 1 aliphatic rings. The summed E-state index contributed by atoms with van der Waals surface area (Å²) in [6.45, 7) is -0.960. The zero-order valence-electron chi connectivity index (χ0n) is 23.0. The van der Waals surface area contributed by atoms with Gasteiger partial charge in [0, 0.05) is 45.9 Å². The van der Waals surface area contributed by atoms with Crippen LogP contribution in [0.5, 0.6) is 0 Å². The third kappa shape index (κ3) is 5.53. The van der Waals surface area contributed by atoms with E-state index in [1.807, 2.05) is 0 Å². The van der Waals surface area contributed by atoms with Crippen molar-refractivity contribution in [1.82, 2.24) is 34.1 Å². The first-order valence-electron chi connectivity index (χ1n) is 13.7. The minimum atomic E-state index is -2.94. The van der Waals surface area contributed by atoms with Crippen molar-refractivity contribution < 1.29 is 18.7 Å². The van der Waals surface area contributed by atoms with Gasteiger partial charge in [0.2, 0.25) is 5.91 Å². The van der Waals surface area contributed by atoms with E-state index in [9.17, 15) is 23.5 Å². The number of alkyl halides is 2. The minimum Gasteiger partial charge on any atom is -0.394 e. The maximum absolute atomic E-state index is 13.9. The van der Waals surface area contributed by atoms with E-state index in [-0.39, 0.29) is 29.5 Å². The number of hydrogen-bond acceptors (Lipinski definition) is 7. The normalized spacial score (nSPS) is 17.4. The second-order valence-corrected chi connectivity index (χ2v) is 10.9. The zero-order chi connectivity index (χ0) is 30.2. The number of nitrogens with one attached hydrogen (secondary N) is 1. The van der Waals surface area contributed by atoms with Crippen LogP contribution in [0, 0.1) is 5.92 Å². The highest BCUT2D eigenvalue weighted by Crippen LogP contribution is 2.35. The van der Waals surface area contributed by atoms with Crippen LogP contribution in [0.3, 0.4) is 0 Å². The molecule has 0 aliphatic carbocycles. The second-order valence-electron chi connectivity index (χ2n) is 10.5. The maximum Gasteiger partial charge on any atom is 0.333 e. The van der Waals surface area contributed by atoms with Crippen molar-refractivity contribution in [3.63, 3.8) is 0 Å². The summed E-state index contributed by atoms with van der Waals surface area (Å²) in [5, 5.41) is 21.6. The van der Waals surface area contributed by atoms with E-state index in [0.29, 0.717) is 63.5 Å². The van der Waals surface area contributed by atoms with Crippen LogP contribution in [0.2, 0.25) is 5.02 Å². The van der Waals surface area contributed by atoms with Crippen LogP contribution in [0.25, 0.3) is 33.4 Å². The van der Waals surface area contributed by atoms with Crippen LogP contribution < -0.4 is 10.9 Å². The average molecular weight is 609 g/mol. The van der Waals surface area contributed by atoms with E-state index < -0.39 is 18.5 Å². The van der Waals surface area contributed by atoms with Gasteiger partial charge >= 0.3 is 6.55 Å². The van der Waals surface area contributed by atoms with Crippen LogP contribution in [-0.4, -0.2) is 51.7 Å². The first kappa shape index (κ1) is 28.6. The number of amides is 1. The predicted octanol–water partition coefficient (Wildman–Crippen LogP) is 4.91. The third-order valence-corrected chi connectivity index (χ3v) is 7.81. The summed E-state index contributed by atoms with van der Waals surface area (Å²) >= 11 is 6.37. The molecule has 5 aromatic rings. The Hall–Kier alpha value is -4.49. The van der Waals surface area contributed by atoms with E-state index in [2.05, 4.69) is 25.5 Å². The fourth-order valence-electron chi connectivity index (χ4n) is 5.45. The Balaban J connectivity index is 1.44. The number of carbonyl (C=O) groups excluding carboxylic acids is 1. The molecular formula is C29H27ClF2N8O3. The number of nitrogens with zero attached hydrogens (tertiary/aromatic N) is 7. The van der Waals surface area contributed by atoms with Gasteiger partial charge in [0.1, 0.15) is 5.52 Å². The van der Waals surface area contributed by atoms with Gasteiger partial charge in [-0.15, -0.1) is 0 Å². The summed E-state index contributed by atoms with van der Waals surface area (Å²) in [6.07, 6.45) is 7.42. The van der Waals surface area contributed by atoms with Gasteiger partial charge in [0.25, 0.3) is 5.56 Å². The number of hydrogen-bond donors (Lipinski definition) is 2. The molecule has 2 unspecified atom stereocenters. The lowest BCUT2D eigenvalue weighted by Crippen LogP contribution is -2.27. The molecular weight excluding hydrogens is 582 g/mol. The van der Waals surface area contributed by atoms with Gasteiger partial charge in [-0.1, -0.05) is 24.9 Å². The van der Waals surface area contributed by atoms with E-state index in [1.54, 1.807) is 42.1 Å². The van der Waals surface area contributed by atoms with E-state index in [0.717, 1.165) is 5.39 Å². The lowest BCUT2D eigenvalue weighted by Gasteiger charge is -2.22. The molecule has 0 radical (unpaired) electrons. The summed E-state index contributed by atoms with van der Waals surface area (Å²) in [5.41, 5.74) is 2.23. The molecule has 11 nitrogen and oxygen atoms in total. The summed E-state index contributed by atoms with van der Waals surface area (Å²) in [5.74, 6) is -0.721. The standard InChI is InChI=1S/C29H27ClF2N8O3/c1-16-3-2-4-24(22-10-17(5-6-33-22)27-23(36-28(16)43)13-35-40(27)29(31)32)39-15-34-21(12-25(39)42)20-11-19(30)9-18-14-38(7-8-41)37-26(18)20/h5-6,9-16,24,29,41H,2-4,7-8H2,1H3,(H,36,43). The van der Waals surface area contributed by atoms with Crippen molar-refractivity contribution >= 4 is 34.1 Å². The lowest BCUT2D eigenvalue weighted by molar-refractivity contribution is -0.119. The Bertz CT molecular complexity index is 1890. The molecule has 4 aromatic heterocycles. The van der Waals surface area contributed by atoms with Crippen LogP contribution >= 0.6 is 11.6 Å². The molecule has 14 heteroatoms. The highest BCUT2D eigenvalue weighted by molar-refractivity contribution is 6.31. The first-order chi connectivity index (χ1) is 20.7. The Morgan fingerprint density at radius 1 is 1.16 bits per heavy atom. The van der Waals surface area contributed by atoms with E-state index in [1.165, 1.54) is 29.4 Å². The van der Waals surface area contributed by atoms with Gasteiger partial charge in [0.05, 0.1) is 54.5 Å². The lowest BCUT2D eigenvalue weighted by atomic mass is 9.97. The number of fused-ring (bicyclic) bond motifs is 5. The van der Waals surface area contributed by atoms with Crippen LogP contribution in [0.4, 0.5) is 14.5 Å². The molecule has 1 aliphatic heterocycles. The van der Waals surface area contributed by atoms with Gasteiger partial charge < -0.3 is 10.4 Å². The molecule has 43 heavy (non-hydrogen) atoms. The molecule has 2 N–H and O–H groups in total. The monoisotopic (exact) mass is 608 g/mol. The average Bonchev–Trinajstić information content (AvgIpc) is 3.58. The van der Waals surface area contributed by atoms with Gasteiger partial charge in [0.15, 0.2) is 0 Å². The largest absolute Gasteiger partial charge is 0.394 e. The Labute approximate surface area is 248 Å². The molecule has 1 aromatic carbocycles. The number of anilines is 1. The smallest absolute Gasteiger partial charge is 0.333 e. The molecule has 222 valence electrons. The van der Waals surface area contributed by atoms with Gasteiger partial charge in [-0.3, -0.25) is 23.8 Å². The number of carbonyl (C=O) groups is 1. The summed E-state index contributed by atoms with van der Waals surface area (Å²) < 4.78 is 31.4. The van der Waals surface area contributed by atoms with Crippen molar-refractivity contribution in [2.75, 3.05) is 11.9 Å². The highest BCUT2D eigenvalue weighted by Gasteiger charge is 2.26. The van der Waals surface area contributed by atoms with Crippen molar-refractivity contribution in [3.05, 3.63) is 76.3 Å². The van der Waals surface area contributed by atoms with Crippen LogP contribution in [0.1, 0.15) is 44.5 Å². The zero-order valence-corrected chi connectivity index (χ0v) is 23.7. The van der Waals surface area contributed by atoms with Gasteiger partial charge in [-0.25, -0.2) is 9.67 Å². The van der Waals surface area contributed by atoms with Crippen molar-refractivity contribution in [1.29, 1.82) is 0 Å². The molecule has 2 atom stereocenters. The SMILES string of the molecule is CC1CCCC(n2cnc(-c3cc(Cl)cc4cn(CCO)nc34)cc2=O)c2cc(ccn2)-c2c(cnn2C(F)F)NC1=O. The maximum atomic E-state index is 13.9. The highest BCUT2D eigenvalue weighted by atomic mass is 35.5. The second kappa shape index (κ2) is 11.7. The van der Waals surface area contributed by atoms with Crippen LogP contribution in [-0.2, 0) is 11.3 Å². The molecule has 2 bridgehead atoms. The number of aromatic nitrogens is 7. The molecule has 1 amide bonds. The molecule has 0 saturated carbocycles. The fraction of sp³-hybridized carbons (Fsp3) is 0.310. The predicted molar refractivity (Wildman–Crippen MR) is 156 cm³/mol. The third-order valence-electron chi connectivity index (χ3n) is 7.59. The fourth-order valence-corrected chi connectivity index (χ4v) is 5.68. The number of benzene rings is 1. The van der Waals surface area contributed by atoms with E-state index in [4.69, 9.17) is 11.6 Å². The van der Waals surface area contributed by atoms with Crippen molar-refractivity contribution in [2.45, 2.75) is 45.3 Å².